The van der Waals surface area contributed by atoms with E-state index >= 15 is 0 Å². The van der Waals surface area contributed by atoms with Crippen LogP contribution in [0.25, 0.3) is 11.1 Å². The lowest BCUT2D eigenvalue weighted by atomic mass is 9.77. The highest BCUT2D eigenvalue weighted by Gasteiger charge is 2.23. The summed E-state index contributed by atoms with van der Waals surface area (Å²) in [6.07, 6.45) is 13.4. The average molecular weight is 451 g/mol. The van der Waals surface area contributed by atoms with Crippen molar-refractivity contribution < 1.29 is 19.4 Å². The van der Waals surface area contributed by atoms with Crippen LogP contribution in [-0.4, -0.2) is 24.0 Å². The highest BCUT2D eigenvalue weighted by atomic mass is 16.7. The van der Waals surface area contributed by atoms with E-state index in [-0.39, 0.29) is 6.29 Å². The molecule has 2 aliphatic rings. The van der Waals surface area contributed by atoms with Crippen molar-refractivity contribution in [3.63, 3.8) is 0 Å². The Bertz CT molecular complexity index is 890. The van der Waals surface area contributed by atoms with Crippen molar-refractivity contribution in [3.8, 4) is 16.9 Å². The van der Waals surface area contributed by atoms with Crippen LogP contribution in [0.1, 0.15) is 99.4 Å². The standard InChI is InChI=1S/C29H38O4/c1-2-3-4-7-21-9-11-22(12-10-21)23-13-15-24(16-14-23)27-20-25(17-18-26(27)29(30)31)33-28-8-5-6-19-32-28/h13-18,20-22,28H,2-12,19H2,1H3,(H,30,31). The number of ether oxygens (including phenoxy) is 2. The smallest absolute Gasteiger partial charge is 0.336 e. The third-order valence-corrected chi connectivity index (χ3v) is 7.38. The number of unbranched alkanes of at least 4 members (excludes halogenated alkanes) is 2. The molecule has 1 saturated heterocycles. The third-order valence-electron chi connectivity index (χ3n) is 7.38. The minimum Gasteiger partial charge on any atom is -0.478 e. The summed E-state index contributed by atoms with van der Waals surface area (Å²) in [6, 6.07) is 13.8. The summed E-state index contributed by atoms with van der Waals surface area (Å²) in [5.41, 5.74) is 3.29. The van der Waals surface area contributed by atoms with E-state index < -0.39 is 5.97 Å². The molecule has 4 heteroatoms. The normalized spacial score (nSPS) is 23.2. The first-order valence-electron chi connectivity index (χ1n) is 12.9. The van der Waals surface area contributed by atoms with Gasteiger partial charge in [0.05, 0.1) is 12.2 Å². The zero-order valence-corrected chi connectivity index (χ0v) is 19.9. The first-order valence-corrected chi connectivity index (χ1v) is 12.9. The fourth-order valence-corrected chi connectivity index (χ4v) is 5.38. The third kappa shape index (κ3) is 6.38. The van der Waals surface area contributed by atoms with E-state index in [1.165, 1.54) is 56.9 Å². The second kappa shape index (κ2) is 11.7. The number of carboxylic acid groups (broad SMARTS) is 1. The molecule has 1 unspecified atom stereocenters. The first-order chi connectivity index (χ1) is 16.1. The van der Waals surface area contributed by atoms with E-state index in [0.29, 0.717) is 29.4 Å². The molecule has 0 radical (unpaired) electrons. The van der Waals surface area contributed by atoms with Gasteiger partial charge in [0.1, 0.15) is 5.75 Å². The molecule has 33 heavy (non-hydrogen) atoms. The zero-order chi connectivity index (χ0) is 23.0. The summed E-state index contributed by atoms with van der Waals surface area (Å²) in [5, 5.41) is 9.73. The summed E-state index contributed by atoms with van der Waals surface area (Å²) in [7, 11) is 0. The van der Waals surface area contributed by atoms with Crippen molar-refractivity contribution in [1.29, 1.82) is 0 Å². The topological polar surface area (TPSA) is 55.8 Å². The second-order valence-electron chi connectivity index (χ2n) is 9.76. The van der Waals surface area contributed by atoms with Gasteiger partial charge in [-0.2, -0.15) is 0 Å². The van der Waals surface area contributed by atoms with Gasteiger partial charge >= 0.3 is 5.97 Å². The van der Waals surface area contributed by atoms with Crippen molar-refractivity contribution in [3.05, 3.63) is 53.6 Å². The average Bonchev–Trinajstić information content (AvgIpc) is 2.85. The number of hydrogen-bond acceptors (Lipinski definition) is 3. The van der Waals surface area contributed by atoms with Crippen LogP contribution < -0.4 is 4.74 Å². The molecule has 1 saturated carbocycles. The number of rotatable bonds is 9. The van der Waals surface area contributed by atoms with E-state index in [1.54, 1.807) is 12.1 Å². The minimum atomic E-state index is -0.920. The van der Waals surface area contributed by atoms with Crippen LogP contribution in [-0.2, 0) is 4.74 Å². The van der Waals surface area contributed by atoms with Crippen LogP contribution in [0.5, 0.6) is 5.75 Å². The van der Waals surface area contributed by atoms with E-state index in [0.717, 1.165) is 30.7 Å². The number of aromatic carboxylic acids is 1. The van der Waals surface area contributed by atoms with Gasteiger partial charge in [-0.15, -0.1) is 0 Å². The Kier molecular flexibility index (Phi) is 8.44. The van der Waals surface area contributed by atoms with Crippen molar-refractivity contribution >= 4 is 5.97 Å². The second-order valence-corrected chi connectivity index (χ2v) is 9.76. The first kappa shape index (κ1) is 23.8. The fourth-order valence-electron chi connectivity index (χ4n) is 5.38. The fraction of sp³-hybridized carbons (Fsp3) is 0.552. The monoisotopic (exact) mass is 450 g/mol. The Morgan fingerprint density at radius 3 is 2.45 bits per heavy atom. The Morgan fingerprint density at radius 1 is 1.00 bits per heavy atom. The van der Waals surface area contributed by atoms with Gasteiger partial charge in [-0.25, -0.2) is 4.79 Å². The molecule has 1 N–H and O–H groups in total. The molecule has 178 valence electrons. The van der Waals surface area contributed by atoms with Gasteiger partial charge in [0, 0.05) is 6.42 Å². The molecule has 4 nitrogen and oxygen atoms in total. The molecule has 1 aliphatic heterocycles. The molecule has 2 fully saturated rings. The van der Waals surface area contributed by atoms with Crippen LogP contribution in [0, 0.1) is 5.92 Å². The Balaban J connectivity index is 1.44. The summed E-state index contributed by atoms with van der Waals surface area (Å²) < 4.78 is 11.7. The van der Waals surface area contributed by atoms with Crippen molar-refractivity contribution in [2.75, 3.05) is 6.61 Å². The van der Waals surface area contributed by atoms with Crippen molar-refractivity contribution in [2.45, 2.75) is 89.8 Å². The minimum absolute atomic E-state index is 0.248. The molecule has 1 atom stereocenters. The number of carbonyl (C=O) groups is 1. The lowest BCUT2D eigenvalue weighted by Crippen LogP contribution is -2.25. The molecule has 0 bridgehead atoms. The van der Waals surface area contributed by atoms with E-state index in [9.17, 15) is 9.90 Å². The molecule has 2 aromatic carbocycles. The van der Waals surface area contributed by atoms with E-state index in [4.69, 9.17) is 9.47 Å². The van der Waals surface area contributed by atoms with Crippen LogP contribution in [0.15, 0.2) is 42.5 Å². The predicted molar refractivity (Wildman–Crippen MR) is 132 cm³/mol. The van der Waals surface area contributed by atoms with Crippen LogP contribution >= 0.6 is 0 Å². The van der Waals surface area contributed by atoms with E-state index in [2.05, 4.69) is 31.2 Å². The lowest BCUT2D eigenvalue weighted by molar-refractivity contribution is -0.105. The molecule has 1 aliphatic carbocycles. The lowest BCUT2D eigenvalue weighted by Gasteiger charge is -2.29. The molecule has 0 spiro atoms. The SMILES string of the molecule is CCCCCC1CCC(c2ccc(-c3cc(OC4CCCCO4)ccc3C(=O)O)cc2)CC1. The maximum atomic E-state index is 11.9. The molecule has 1 heterocycles. The maximum absolute atomic E-state index is 11.9. The summed E-state index contributed by atoms with van der Waals surface area (Å²) in [5.74, 6) is 1.27. The highest BCUT2D eigenvalue weighted by Crippen LogP contribution is 2.39. The largest absolute Gasteiger partial charge is 0.478 e. The van der Waals surface area contributed by atoms with Gasteiger partial charge in [0.15, 0.2) is 6.29 Å². The van der Waals surface area contributed by atoms with Gasteiger partial charge in [-0.1, -0.05) is 56.9 Å². The van der Waals surface area contributed by atoms with Crippen LogP contribution in [0.4, 0.5) is 0 Å². The number of benzene rings is 2. The molecular weight excluding hydrogens is 412 g/mol. The quantitative estimate of drug-likeness (QED) is 0.396. The Hall–Kier alpha value is -2.33. The van der Waals surface area contributed by atoms with Gasteiger partial charge in [-0.3, -0.25) is 0 Å². The molecule has 2 aromatic rings. The van der Waals surface area contributed by atoms with Crippen LogP contribution in [0.2, 0.25) is 0 Å². The van der Waals surface area contributed by atoms with Crippen molar-refractivity contribution in [1.82, 2.24) is 0 Å². The summed E-state index contributed by atoms with van der Waals surface area (Å²) in [6.45, 7) is 2.99. The van der Waals surface area contributed by atoms with Crippen molar-refractivity contribution in [2.24, 2.45) is 5.92 Å². The van der Waals surface area contributed by atoms with Gasteiger partial charge < -0.3 is 14.6 Å². The Labute approximate surface area is 198 Å². The van der Waals surface area contributed by atoms with Gasteiger partial charge in [0.25, 0.3) is 0 Å². The van der Waals surface area contributed by atoms with Crippen LogP contribution in [0.3, 0.4) is 0 Å². The van der Waals surface area contributed by atoms with Gasteiger partial charge in [0.2, 0.25) is 0 Å². The van der Waals surface area contributed by atoms with Gasteiger partial charge in [-0.05, 0) is 85.3 Å². The highest BCUT2D eigenvalue weighted by molar-refractivity contribution is 5.96. The summed E-state index contributed by atoms with van der Waals surface area (Å²) >= 11 is 0. The maximum Gasteiger partial charge on any atom is 0.336 e. The molecule has 0 aromatic heterocycles. The molecule has 0 amide bonds. The number of hydrogen-bond donors (Lipinski definition) is 1. The molecule has 4 rings (SSSR count). The molecular formula is C29H38O4. The summed E-state index contributed by atoms with van der Waals surface area (Å²) in [4.78, 5) is 11.9. The van der Waals surface area contributed by atoms with E-state index in [1.807, 2.05) is 6.07 Å². The predicted octanol–water partition coefficient (Wildman–Crippen LogP) is 7.81. The zero-order valence-electron chi connectivity index (χ0n) is 19.9. The Morgan fingerprint density at radius 2 is 1.79 bits per heavy atom. The number of carboxylic acids is 1.